The summed E-state index contributed by atoms with van der Waals surface area (Å²) in [6.07, 6.45) is 3.14. The van der Waals surface area contributed by atoms with Crippen LogP contribution in [0, 0.1) is 0 Å². The molecule has 8 nitrogen and oxygen atoms in total. The van der Waals surface area contributed by atoms with Gasteiger partial charge in [-0.05, 0) is 12.1 Å². The van der Waals surface area contributed by atoms with Crippen LogP contribution in [0.4, 0.5) is 0 Å². The van der Waals surface area contributed by atoms with Crippen LogP contribution in [0.5, 0.6) is 5.88 Å². The van der Waals surface area contributed by atoms with Gasteiger partial charge in [0.15, 0.2) is 0 Å². The van der Waals surface area contributed by atoms with E-state index in [1.807, 2.05) is 4.57 Å². The van der Waals surface area contributed by atoms with Gasteiger partial charge < -0.3 is 14.2 Å². The van der Waals surface area contributed by atoms with Gasteiger partial charge in [0.25, 0.3) is 11.5 Å². The van der Waals surface area contributed by atoms with Crippen molar-refractivity contribution in [2.75, 3.05) is 20.7 Å². The van der Waals surface area contributed by atoms with E-state index in [4.69, 9.17) is 4.74 Å². The minimum absolute atomic E-state index is 0.0884. The van der Waals surface area contributed by atoms with Gasteiger partial charge in [0.05, 0.1) is 36.1 Å². The number of hydrogen-bond donors (Lipinski definition) is 0. The fourth-order valence-electron chi connectivity index (χ4n) is 2.92. The third kappa shape index (κ3) is 1.99. The molecule has 0 fully saturated rings. The molecule has 122 valence electrons. The fraction of sp³-hybridized carbons (Fsp3) is 0.250. The summed E-state index contributed by atoms with van der Waals surface area (Å²) in [5.74, 6) is 0.371. The smallest absolute Gasteiger partial charge is 0.281 e. The Labute approximate surface area is 136 Å². The SMILES string of the molecule is COc1ccc(-n2ncc3c(cc4n3CCN(C)C4=O)c2=O)cn1. The van der Waals surface area contributed by atoms with Crippen LogP contribution in [0.3, 0.4) is 0 Å². The zero-order valence-electron chi connectivity index (χ0n) is 13.3. The van der Waals surface area contributed by atoms with Crippen LogP contribution < -0.4 is 10.3 Å². The van der Waals surface area contributed by atoms with E-state index >= 15 is 0 Å². The first-order valence-corrected chi connectivity index (χ1v) is 7.47. The third-order valence-electron chi connectivity index (χ3n) is 4.26. The van der Waals surface area contributed by atoms with Crippen molar-refractivity contribution >= 4 is 16.8 Å². The maximum absolute atomic E-state index is 12.8. The topological polar surface area (TPSA) is 82.2 Å². The van der Waals surface area contributed by atoms with Crippen LogP contribution >= 0.6 is 0 Å². The number of fused-ring (bicyclic) bond motifs is 3. The van der Waals surface area contributed by atoms with E-state index in [-0.39, 0.29) is 11.5 Å². The van der Waals surface area contributed by atoms with Crippen molar-refractivity contribution in [2.45, 2.75) is 6.54 Å². The molecule has 4 heterocycles. The molecule has 4 rings (SSSR count). The molecule has 0 aromatic carbocycles. The summed E-state index contributed by atoms with van der Waals surface area (Å²) < 4.78 is 8.14. The van der Waals surface area contributed by atoms with Gasteiger partial charge in [0, 0.05) is 26.2 Å². The summed E-state index contributed by atoms with van der Waals surface area (Å²) in [7, 11) is 3.28. The number of carbonyl (C=O) groups is 1. The van der Waals surface area contributed by atoms with Crippen molar-refractivity contribution in [3.05, 3.63) is 46.6 Å². The van der Waals surface area contributed by atoms with Crippen LogP contribution in [0.15, 0.2) is 35.4 Å². The number of methoxy groups -OCH3 is 1. The van der Waals surface area contributed by atoms with Crippen molar-refractivity contribution < 1.29 is 9.53 Å². The standard InChI is InChI=1S/C16H15N5O3/c1-19-5-6-20-12(16(19)23)7-11-13(20)9-18-21(15(11)22)10-3-4-14(24-2)17-8-10/h3-4,7-9H,5-6H2,1-2H3. The first kappa shape index (κ1) is 14.4. The lowest BCUT2D eigenvalue weighted by Crippen LogP contribution is -2.36. The highest BCUT2D eigenvalue weighted by Gasteiger charge is 2.25. The molecule has 0 N–H and O–H groups in total. The Hall–Kier alpha value is -3.16. The summed E-state index contributed by atoms with van der Waals surface area (Å²) in [4.78, 5) is 30.8. The zero-order valence-corrected chi connectivity index (χ0v) is 13.3. The lowest BCUT2D eigenvalue weighted by atomic mass is 10.3. The average Bonchev–Trinajstić information content (AvgIpc) is 2.99. The molecule has 0 atom stereocenters. The number of nitrogens with zero attached hydrogens (tertiary/aromatic N) is 5. The van der Waals surface area contributed by atoms with Gasteiger partial charge in [-0.25, -0.2) is 4.98 Å². The van der Waals surface area contributed by atoms with E-state index in [9.17, 15) is 9.59 Å². The van der Waals surface area contributed by atoms with Crippen LogP contribution in [0.25, 0.3) is 16.6 Å². The molecule has 0 radical (unpaired) electrons. The molecule has 0 saturated carbocycles. The molecule has 3 aromatic rings. The number of rotatable bonds is 2. The number of aromatic nitrogens is 4. The first-order chi connectivity index (χ1) is 11.6. The van der Waals surface area contributed by atoms with E-state index in [0.29, 0.717) is 41.3 Å². The van der Waals surface area contributed by atoms with Crippen LogP contribution in [-0.2, 0) is 6.54 Å². The van der Waals surface area contributed by atoms with Gasteiger partial charge in [-0.2, -0.15) is 9.78 Å². The fourth-order valence-corrected chi connectivity index (χ4v) is 2.92. The molecular formula is C16H15N5O3. The lowest BCUT2D eigenvalue weighted by Gasteiger charge is -2.24. The zero-order chi connectivity index (χ0) is 16.8. The second-order valence-electron chi connectivity index (χ2n) is 5.63. The van der Waals surface area contributed by atoms with Crippen LogP contribution in [0.1, 0.15) is 10.5 Å². The number of carbonyl (C=O) groups excluding carboxylic acids is 1. The van der Waals surface area contributed by atoms with Gasteiger partial charge in [0.1, 0.15) is 5.69 Å². The molecule has 0 unspecified atom stereocenters. The van der Waals surface area contributed by atoms with E-state index in [1.54, 1.807) is 36.3 Å². The number of amides is 1. The molecule has 3 aromatic heterocycles. The lowest BCUT2D eigenvalue weighted by molar-refractivity contribution is 0.0751. The van der Waals surface area contributed by atoms with Gasteiger partial charge in [-0.1, -0.05) is 0 Å². The Morgan fingerprint density at radius 1 is 1.17 bits per heavy atom. The summed E-state index contributed by atoms with van der Waals surface area (Å²) >= 11 is 0. The molecule has 1 amide bonds. The Kier molecular flexibility index (Phi) is 3.12. The maximum Gasteiger partial charge on any atom is 0.281 e. The number of hydrogen-bond acceptors (Lipinski definition) is 5. The van der Waals surface area contributed by atoms with Crippen LogP contribution in [0.2, 0.25) is 0 Å². The van der Waals surface area contributed by atoms with E-state index in [2.05, 4.69) is 10.1 Å². The Bertz CT molecular complexity index is 1000. The quantitative estimate of drug-likeness (QED) is 0.692. The monoisotopic (exact) mass is 325 g/mol. The molecule has 1 aliphatic rings. The van der Waals surface area contributed by atoms with Crippen molar-refractivity contribution in [3.63, 3.8) is 0 Å². The summed E-state index contributed by atoms with van der Waals surface area (Å²) in [5, 5.41) is 4.71. The minimum atomic E-state index is -0.281. The molecule has 8 heteroatoms. The maximum atomic E-state index is 12.8. The van der Waals surface area contributed by atoms with Gasteiger partial charge in [0.2, 0.25) is 5.88 Å². The summed E-state index contributed by atoms with van der Waals surface area (Å²) in [6.45, 7) is 1.26. The van der Waals surface area contributed by atoms with E-state index in [0.717, 1.165) is 0 Å². The predicted octanol–water partition coefficient (Wildman–Crippen LogP) is 0.676. The minimum Gasteiger partial charge on any atom is -0.481 e. The molecule has 0 spiro atoms. The normalized spacial score (nSPS) is 14.1. The molecule has 0 saturated heterocycles. The highest BCUT2D eigenvalue weighted by atomic mass is 16.5. The Morgan fingerprint density at radius 2 is 2.00 bits per heavy atom. The largest absolute Gasteiger partial charge is 0.481 e. The molecule has 1 aliphatic heterocycles. The number of likely N-dealkylation sites (N-methyl/N-ethyl adjacent to an activating group) is 1. The molecule has 0 bridgehead atoms. The molecule has 0 aliphatic carbocycles. The summed E-state index contributed by atoms with van der Waals surface area (Å²) in [5.41, 5.74) is 1.45. The average molecular weight is 325 g/mol. The van der Waals surface area contributed by atoms with Crippen molar-refractivity contribution in [2.24, 2.45) is 0 Å². The Morgan fingerprint density at radius 3 is 2.71 bits per heavy atom. The first-order valence-electron chi connectivity index (χ1n) is 7.47. The highest BCUT2D eigenvalue weighted by Crippen LogP contribution is 2.21. The van der Waals surface area contributed by atoms with Gasteiger partial charge in [-0.3, -0.25) is 9.59 Å². The van der Waals surface area contributed by atoms with Gasteiger partial charge >= 0.3 is 0 Å². The second-order valence-corrected chi connectivity index (χ2v) is 5.63. The predicted molar refractivity (Wildman–Crippen MR) is 86.6 cm³/mol. The number of ether oxygens (including phenoxy) is 1. The van der Waals surface area contributed by atoms with Crippen molar-refractivity contribution in [1.82, 2.24) is 24.2 Å². The van der Waals surface area contributed by atoms with Crippen LogP contribution in [-0.4, -0.2) is 50.8 Å². The Balaban J connectivity index is 1.89. The third-order valence-corrected chi connectivity index (χ3v) is 4.26. The van der Waals surface area contributed by atoms with E-state index < -0.39 is 0 Å². The van der Waals surface area contributed by atoms with Crippen molar-refractivity contribution in [3.8, 4) is 11.6 Å². The molecule has 24 heavy (non-hydrogen) atoms. The highest BCUT2D eigenvalue weighted by molar-refractivity contribution is 5.99. The van der Waals surface area contributed by atoms with Gasteiger partial charge in [-0.15, -0.1) is 0 Å². The van der Waals surface area contributed by atoms with E-state index in [1.165, 1.54) is 18.0 Å². The molecular weight excluding hydrogens is 310 g/mol. The van der Waals surface area contributed by atoms with Crippen molar-refractivity contribution in [1.29, 1.82) is 0 Å². The second kappa shape index (κ2) is 5.19. The number of pyridine rings is 1. The summed E-state index contributed by atoms with van der Waals surface area (Å²) in [6, 6.07) is 5.02.